The molecule has 1 rings (SSSR count). The van der Waals surface area contributed by atoms with Crippen molar-refractivity contribution in [2.45, 2.75) is 12.8 Å². The van der Waals surface area contributed by atoms with Crippen molar-refractivity contribution in [2.75, 3.05) is 0 Å². The summed E-state index contributed by atoms with van der Waals surface area (Å²) in [4.78, 5) is 21.2. The Morgan fingerprint density at radius 3 is 2.27 bits per heavy atom. The Morgan fingerprint density at radius 1 is 1.13 bits per heavy atom. The molecule has 0 aromatic heterocycles. The van der Waals surface area contributed by atoms with Crippen molar-refractivity contribution < 1.29 is 19.8 Å². The number of hydrogen-bond donors (Lipinski definition) is 2. The first-order chi connectivity index (χ1) is 7.00. The van der Waals surface area contributed by atoms with Crippen molar-refractivity contribution in [3.8, 4) is 0 Å². The molecule has 2 N–H and O–H groups in total. The van der Waals surface area contributed by atoms with Crippen molar-refractivity contribution in [2.24, 2.45) is 0 Å². The summed E-state index contributed by atoms with van der Waals surface area (Å²) in [6.07, 6.45) is -0.298. The molecule has 1 aromatic carbocycles. The molecule has 0 aliphatic carbocycles. The molecule has 80 valence electrons. The zero-order valence-electron chi connectivity index (χ0n) is 7.93. The maximum atomic E-state index is 10.6. The van der Waals surface area contributed by atoms with Crippen molar-refractivity contribution in [1.29, 1.82) is 0 Å². The van der Waals surface area contributed by atoms with Crippen LogP contribution >= 0.6 is 9.24 Å². The first-order valence-electron chi connectivity index (χ1n) is 4.30. The van der Waals surface area contributed by atoms with Crippen LogP contribution in [0.1, 0.15) is 11.1 Å². The zero-order chi connectivity index (χ0) is 11.4. The lowest BCUT2D eigenvalue weighted by Crippen LogP contribution is -2.14. The van der Waals surface area contributed by atoms with Crippen LogP contribution in [0.4, 0.5) is 0 Å². The molecule has 0 saturated carbocycles. The summed E-state index contributed by atoms with van der Waals surface area (Å²) in [5, 5.41) is 18.1. The second-order valence-electron chi connectivity index (χ2n) is 3.13. The van der Waals surface area contributed by atoms with E-state index >= 15 is 0 Å². The second kappa shape index (κ2) is 4.89. The summed E-state index contributed by atoms with van der Waals surface area (Å²) in [5.74, 6) is -1.92. The van der Waals surface area contributed by atoms with E-state index in [2.05, 4.69) is 9.24 Å². The van der Waals surface area contributed by atoms with Crippen LogP contribution in [0.5, 0.6) is 0 Å². The molecule has 0 radical (unpaired) electrons. The van der Waals surface area contributed by atoms with E-state index in [1.165, 1.54) is 0 Å². The maximum absolute atomic E-state index is 10.6. The third kappa shape index (κ3) is 3.33. The van der Waals surface area contributed by atoms with Crippen LogP contribution < -0.4 is 5.30 Å². The lowest BCUT2D eigenvalue weighted by atomic mass is 10.0. The first kappa shape index (κ1) is 11.7. The quantitative estimate of drug-likeness (QED) is 0.730. The molecule has 0 saturated heterocycles. The van der Waals surface area contributed by atoms with Gasteiger partial charge in [0.05, 0.1) is 12.8 Å². The van der Waals surface area contributed by atoms with Gasteiger partial charge in [0, 0.05) is 0 Å². The molecular weight excluding hydrogens is 215 g/mol. The average molecular weight is 226 g/mol. The highest BCUT2D eigenvalue weighted by atomic mass is 31.0. The fourth-order valence-electron chi connectivity index (χ4n) is 1.35. The lowest BCUT2D eigenvalue weighted by molar-refractivity contribution is -0.137. The molecule has 0 heterocycles. The summed E-state index contributed by atoms with van der Waals surface area (Å²) in [6, 6.07) is 5.10. The normalized spacial score (nSPS) is 9.93. The van der Waals surface area contributed by atoms with Gasteiger partial charge in [-0.3, -0.25) is 9.59 Å². The molecule has 0 fully saturated rings. The predicted octanol–water partition coefficient (Wildman–Crippen LogP) is 0.441. The molecule has 1 aromatic rings. The van der Waals surface area contributed by atoms with Gasteiger partial charge in [-0.05, 0) is 16.4 Å². The third-order valence-electron chi connectivity index (χ3n) is 1.98. The Balaban J connectivity index is 3.08. The largest absolute Gasteiger partial charge is 0.481 e. The molecule has 1 atom stereocenters. The van der Waals surface area contributed by atoms with Gasteiger partial charge < -0.3 is 10.2 Å². The van der Waals surface area contributed by atoms with E-state index in [0.29, 0.717) is 11.1 Å². The summed E-state index contributed by atoms with van der Waals surface area (Å²) in [5.41, 5.74) is 1.12. The van der Waals surface area contributed by atoms with Crippen LogP contribution in [-0.4, -0.2) is 22.2 Å². The number of carboxylic acids is 2. The van der Waals surface area contributed by atoms with E-state index < -0.39 is 11.9 Å². The van der Waals surface area contributed by atoms with Gasteiger partial charge in [0.2, 0.25) is 0 Å². The first-order valence-corrected chi connectivity index (χ1v) is 4.88. The Kier molecular flexibility index (Phi) is 3.81. The van der Waals surface area contributed by atoms with Gasteiger partial charge in [-0.15, -0.1) is 9.24 Å². The number of hydrogen-bond acceptors (Lipinski definition) is 2. The minimum Gasteiger partial charge on any atom is -0.481 e. The Bertz CT molecular complexity index is 400. The summed E-state index contributed by atoms with van der Waals surface area (Å²) >= 11 is 0. The number of benzene rings is 1. The predicted molar refractivity (Wildman–Crippen MR) is 58.5 cm³/mol. The van der Waals surface area contributed by atoms with Crippen LogP contribution in [0.2, 0.25) is 0 Å². The molecule has 15 heavy (non-hydrogen) atoms. The van der Waals surface area contributed by atoms with Gasteiger partial charge in [-0.2, -0.15) is 0 Å². The van der Waals surface area contributed by atoms with Crippen LogP contribution in [0.15, 0.2) is 18.2 Å². The highest BCUT2D eigenvalue weighted by Gasteiger charge is 2.11. The Labute approximate surface area is 89.1 Å². The second-order valence-corrected chi connectivity index (χ2v) is 3.75. The molecular formula is C10H11O4P. The zero-order valence-corrected chi connectivity index (χ0v) is 9.09. The van der Waals surface area contributed by atoms with Gasteiger partial charge in [0.25, 0.3) is 0 Å². The molecule has 0 bridgehead atoms. The van der Waals surface area contributed by atoms with Crippen LogP contribution in [0.3, 0.4) is 0 Å². The van der Waals surface area contributed by atoms with Crippen molar-refractivity contribution in [3.05, 3.63) is 29.3 Å². The van der Waals surface area contributed by atoms with E-state index in [0.717, 1.165) is 5.30 Å². The van der Waals surface area contributed by atoms with Crippen LogP contribution in [0.25, 0.3) is 0 Å². The Hall–Kier alpha value is -1.41. The average Bonchev–Trinajstić information content (AvgIpc) is 2.09. The molecule has 0 amide bonds. The highest BCUT2D eigenvalue weighted by molar-refractivity contribution is 7.27. The number of carboxylic acid groups (broad SMARTS) is 2. The topological polar surface area (TPSA) is 74.6 Å². The highest BCUT2D eigenvalue weighted by Crippen LogP contribution is 2.11. The van der Waals surface area contributed by atoms with E-state index in [4.69, 9.17) is 10.2 Å². The van der Waals surface area contributed by atoms with E-state index in [1.807, 2.05) is 0 Å². The van der Waals surface area contributed by atoms with Crippen molar-refractivity contribution in [1.82, 2.24) is 0 Å². The van der Waals surface area contributed by atoms with Crippen molar-refractivity contribution in [3.63, 3.8) is 0 Å². The van der Waals surface area contributed by atoms with E-state index in [9.17, 15) is 9.59 Å². The van der Waals surface area contributed by atoms with Gasteiger partial charge >= 0.3 is 11.9 Å². The standard InChI is InChI=1S/C10H11O4P/c11-9(12)4-6-2-1-3-8(15)7(6)5-10(13)14/h1-3H,4-5,15H2,(H,11,12)(H,13,14). The minimum atomic E-state index is -0.962. The SMILES string of the molecule is O=C(O)Cc1cccc(P)c1CC(=O)O. The van der Waals surface area contributed by atoms with Crippen LogP contribution in [0, 0.1) is 0 Å². The number of aliphatic carboxylic acids is 2. The Morgan fingerprint density at radius 2 is 1.73 bits per heavy atom. The van der Waals surface area contributed by atoms with Crippen LogP contribution in [-0.2, 0) is 22.4 Å². The molecule has 4 nitrogen and oxygen atoms in total. The lowest BCUT2D eigenvalue weighted by Gasteiger charge is -2.08. The molecule has 1 unspecified atom stereocenters. The summed E-state index contributed by atoms with van der Waals surface area (Å²) in [7, 11) is 2.42. The fraction of sp³-hybridized carbons (Fsp3) is 0.200. The summed E-state index contributed by atoms with van der Waals surface area (Å²) < 4.78 is 0. The van der Waals surface area contributed by atoms with E-state index in [-0.39, 0.29) is 12.8 Å². The fourth-order valence-corrected chi connectivity index (χ4v) is 1.75. The minimum absolute atomic E-state index is 0.148. The number of carbonyl (C=O) groups is 2. The van der Waals surface area contributed by atoms with Gasteiger partial charge in [0.1, 0.15) is 0 Å². The third-order valence-corrected chi connectivity index (χ3v) is 2.52. The number of rotatable bonds is 4. The van der Waals surface area contributed by atoms with Gasteiger partial charge in [-0.1, -0.05) is 18.2 Å². The van der Waals surface area contributed by atoms with Gasteiger partial charge in [0.15, 0.2) is 0 Å². The molecule has 5 heteroatoms. The van der Waals surface area contributed by atoms with E-state index in [1.54, 1.807) is 18.2 Å². The molecule has 0 spiro atoms. The smallest absolute Gasteiger partial charge is 0.307 e. The monoisotopic (exact) mass is 226 g/mol. The van der Waals surface area contributed by atoms with Crippen molar-refractivity contribution >= 4 is 26.5 Å². The van der Waals surface area contributed by atoms with Gasteiger partial charge in [-0.25, -0.2) is 0 Å². The molecule has 0 aliphatic rings. The maximum Gasteiger partial charge on any atom is 0.307 e. The molecule has 0 aliphatic heterocycles. The summed E-state index contributed by atoms with van der Waals surface area (Å²) in [6.45, 7) is 0.